The Morgan fingerprint density at radius 2 is 1.54 bits per heavy atom. The summed E-state index contributed by atoms with van der Waals surface area (Å²) in [5, 5.41) is 17.1. The molecule has 5 heteroatoms. The molecule has 0 bridgehead atoms. The van der Waals surface area contributed by atoms with E-state index in [4.69, 9.17) is 0 Å². The quantitative estimate of drug-likeness (QED) is 0.226. The van der Waals surface area contributed by atoms with Gasteiger partial charge in [-0.15, -0.1) is 0 Å². The van der Waals surface area contributed by atoms with Gasteiger partial charge < -0.3 is 10.4 Å². The van der Waals surface area contributed by atoms with Crippen LogP contribution < -0.4 is 5.32 Å². The van der Waals surface area contributed by atoms with Crippen molar-refractivity contribution in [2.45, 2.75) is 80.8 Å². The molecule has 4 aromatic rings. The standard InChI is InChI=1S/C20H17N3O.C8H19N.2C2H6/c1-14-5-7-16(8-6-14)18-10-21-20-19(11-22-23(20)12-18)17-4-2-3-15(9-17)13-24;1-3-5-6-8-9-7-4-2;2*1-2/h2-12,24H,13H2,1H3;9H,3-8H2,1-2H3;2*1-2H3. The zero-order chi connectivity index (χ0) is 27.5. The number of aryl methyl sites for hydroxylation is 1. The van der Waals surface area contributed by atoms with E-state index in [-0.39, 0.29) is 6.61 Å². The molecule has 0 aliphatic carbocycles. The highest BCUT2D eigenvalue weighted by Gasteiger charge is 2.10. The Labute approximate surface area is 225 Å². The van der Waals surface area contributed by atoms with E-state index >= 15 is 0 Å². The molecule has 0 atom stereocenters. The second kappa shape index (κ2) is 19.1. The predicted molar refractivity (Wildman–Crippen MR) is 160 cm³/mol. The fraction of sp³-hybridized carbons (Fsp3) is 0.438. The van der Waals surface area contributed by atoms with Gasteiger partial charge in [0.1, 0.15) is 0 Å². The van der Waals surface area contributed by atoms with Crippen molar-refractivity contribution >= 4 is 5.65 Å². The van der Waals surface area contributed by atoms with Gasteiger partial charge in [-0.2, -0.15) is 5.10 Å². The van der Waals surface area contributed by atoms with Gasteiger partial charge in [0, 0.05) is 23.5 Å². The lowest BCUT2D eigenvalue weighted by Crippen LogP contribution is -2.15. The molecule has 0 fully saturated rings. The molecule has 0 aliphatic heterocycles. The van der Waals surface area contributed by atoms with Crippen LogP contribution in [0.4, 0.5) is 0 Å². The van der Waals surface area contributed by atoms with Gasteiger partial charge in [-0.3, -0.25) is 0 Å². The number of aliphatic hydroxyl groups excluding tert-OH is 1. The summed E-state index contributed by atoms with van der Waals surface area (Å²) in [6, 6.07) is 16.2. The maximum atomic E-state index is 9.32. The lowest BCUT2D eigenvalue weighted by molar-refractivity contribution is 0.282. The molecule has 0 radical (unpaired) electrons. The number of fused-ring (bicyclic) bond motifs is 1. The maximum Gasteiger partial charge on any atom is 0.162 e. The van der Waals surface area contributed by atoms with Crippen molar-refractivity contribution < 1.29 is 5.11 Å². The molecular weight excluding hydrogens is 456 g/mol. The van der Waals surface area contributed by atoms with Crippen LogP contribution in [-0.2, 0) is 6.61 Å². The molecule has 0 saturated carbocycles. The summed E-state index contributed by atoms with van der Waals surface area (Å²) in [6.07, 6.45) is 11.0. The molecule has 0 unspecified atom stereocenters. The average molecular weight is 505 g/mol. The van der Waals surface area contributed by atoms with Crippen molar-refractivity contribution in [3.8, 4) is 22.3 Å². The van der Waals surface area contributed by atoms with E-state index in [1.807, 2.05) is 70.6 Å². The molecule has 5 nitrogen and oxygen atoms in total. The number of nitrogens with one attached hydrogen (secondary N) is 1. The van der Waals surface area contributed by atoms with E-state index in [0.29, 0.717) is 0 Å². The summed E-state index contributed by atoms with van der Waals surface area (Å²) in [5.41, 5.74) is 7.03. The zero-order valence-electron chi connectivity index (χ0n) is 24.1. The van der Waals surface area contributed by atoms with E-state index in [0.717, 1.165) is 33.5 Å². The average Bonchev–Trinajstić information content (AvgIpc) is 3.39. The van der Waals surface area contributed by atoms with Gasteiger partial charge in [0.2, 0.25) is 0 Å². The first-order valence-corrected chi connectivity index (χ1v) is 14.0. The minimum atomic E-state index is 0.0258. The normalized spacial score (nSPS) is 9.95. The van der Waals surface area contributed by atoms with Crippen molar-refractivity contribution in [3.05, 3.63) is 78.2 Å². The summed E-state index contributed by atoms with van der Waals surface area (Å²) >= 11 is 0. The number of aliphatic hydroxyl groups is 1. The SMILES string of the molecule is CC.CC.CCCCCNCCC.Cc1ccc(-c2cnc3c(-c4cccc(CO)c4)cnn3c2)cc1. The van der Waals surface area contributed by atoms with Crippen LogP contribution in [0.15, 0.2) is 67.1 Å². The summed E-state index contributed by atoms with van der Waals surface area (Å²) in [6.45, 7) is 16.9. The Morgan fingerprint density at radius 3 is 2.19 bits per heavy atom. The number of nitrogens with zero attached hydrogens (tertiary/aromatic N) is 3. The Hall–Kier alpha value is -3.02. The first kappa shape index (κ1) is 32.0. The largest absolute Gasteiger partial charge is 0.392 e. The summed E-state index contributed by atoms with van der Waals surface area (Å²) in [5.74, 6) is 0. The minimum absolute atomic E-state index is 0.0258. The molecule has 0 aliphatic rings. The van der Waals surface area contributed by atoms with Crippen LogP contribution >= 0.6 is 0 Å². The second-order valence-corrected chi connectivity index (χ2v) is 8.35. The highest BCUT2D eigenvalue weighted by molar-refractivity contribution is 5.78. The maximum absolute atomic E-state index is 9.32. The molecule has 2 aromatic carbocycles. The van der Waals surface area contributed by atoms with Gasteiger partial charge in [-0.25, -0.2) is 9.50 Å². The van der Waals surface area contributed by atoms with Crippen LogP contribution in [0.3, 0.4) is 0 Å². The summed E-state index contributed by atoms with van der Waals surface area (Å²) < 4.78 is 1.80. The van der Waals surface area contributed by atoms with E-state index in [1.165, 1.54) is 44.3 Å². The lowest BCUT2D eigenvalue weighted by Gasteiger charge is -2.04. The number of hydrogen-bond donors (Lipinski definition) is 2. The number of hydrogen-bond acceptors (Lipinski definition) is 4. The fourth-order valence-corrected chi connectivity index (χ4v) is 3.61. The lowest BCUT2D eigenvalue weighted by atomic mass is 10.1. The fourth-order valence-electron chi connectivity index (χ4n) is 3.61. The summed E-state index contributed by atoms with van der Waals surface area (Å²) in [7, 11) is 0. The highest BCUT2D eigenvalue weighted by Crippen LogP contribution is 2.26. The van der Waals surface area contributed by atoms with Gasteiger partial charge in [0.25, 0.3) is 0 Å². The van der Waals surface area contributed by atoms with Gasteiger partial charge in [-0.05, 0) is 55.6 Å². The van der Waals surface area contributed by atoms with Crippen LogP contribution in [0, 0.1) is 6.92 Å². The van der Waals surface area contributed by atoms with E-state index < -0.39 is 0 Å². The molecule has 0 saturated heterocycles. The molecule has 0 spiro atoms. The number of benzene rings is 2. The molecule has 37 heavy (non-hydrogen) atoms. The number of rotatable bonds is 9. The Bertz CT molecular complexity index is 1110. The molecule has 0 amide bonds. The molecule has 2 heterocycles. The number of unbranched alkanes of at least 4 members (excludes halogenated alkanes) is 2. The van der Waals surface area contributed by atoms with Crippen LogP contribution in [0.5, 0.6) is 0 Å². The van der Waals surface area contributed by atoms with Crippen molar-refractivity contribution in [2.75, 3.05) is 13.1 Å². The first-order chi connectivity index (χ1) is 18.2. The van der Waals surface area contributed by atoms with Gasteiger partial charge in [0.15, 0.2) is 5.65 Å². The third-order valence-corrected chi connectivity index (χ3v) is 5.55. The second-order valence-electron chi connectivity index (χ2n) is 8.35. The zero-order valence-corrected chi connectivity index (χ0v) is 24.1. The van der Waals surface area contributed by atoms with E-state index in [2.05, 4.69) is 60.4 Å². The number of aromatic nitrogens is 3. The molecule has 2 aromatic heterocycles. The van der Waals surface area contributed by atoms with Crippen molar-refractivity contribution in [2.24, 2.45) is 0 Å². The van der Waals surface area contributed by atoms with Crippen molar-refractivity contribution in [3.63, 3.8) is 0 Å². The van der Waals surface area contributed by atoms with Crippen molar-refractivity contribution in [1.29, 1.82) is 0 Å². The Morgan fingerprint density at radius 1 is 0.811 bits per heavy atom. The van der Waals surface area contributed by atoms with Crippen LogP contribution in [0.1, 0.15) is 78.4 Å². The van der Waals surface area contributed by atoms with E-state index in [1.54, 1.807) is 4.52 Å². The van der Waals surface area contributed by atoms with Gasteiger partial charge in [0.05, 0.1) is 12.8 Å². The third-order valence-electron chi connectivity index (χ3n) is 5.55. The Kier molecular flexibility index (Phi) is 16.6. The first-order valence-electron chi connectivity index (χ1n) is 14.0. The van der Waals surface area contributed by atoms with E-state index in [9.17, 15) is 5.11 Å². The van der Waals surface area contributed by atoms with Crippen LogP contribution in [0.2, 0.25) is 0 Å². The smallest absolute Gasteiger partial charge is 0.162 e. The molecule has 202 valence electrons. The van der Waals surface area contributed by atoms with Crippen LogP contribution in [0.25, 0.3) is 27.9 Å². The van der Waals surface area contributed by atoms with Gasteiger partial charge >= 0.3 is 0 Å². The molecular formula is C32H48N4O. The predicted octanol–water partition coefficient (Wildman–Crippen LogP) is 8.09. The van der Waals surface area contributed by atoms with Gasteiger partial charge in [-0.1, -0.05) is 102 Å². The third kappa shape index (κ3) is 10.5. The monoisotopic (exact) mass is 504 g/mol. The molecule has 4 rings (SSSR count). The summed E-state index contributed by atoms with van der Waals surface area (Å²) in [4.78, 5) is 4.61. The van der Waals surface area contributed by atoms with Crippen LogP contribution in [-0.4, -0.2) is 32.8 Å². The molecule has 2 N–H and O–H groups in total. The minimum Gasteiger partial charge on any atom is -0.392 e. The van der Waals surface area contributed by atoms with Crippen molar-refractivity contribution in [1.82, 2.24) is 19.9 Å². The highest BCUT2D eigenvalue weighted by atomic mass is 16.3. The Balaban J connectivity index is 0.000000448. The topological polar surface area (TPSA) is 62.5 Å².